The van der Waals surface area contributed by atoms with Gasteiger partial charge in [0.1, 0.15) is 13.2 Å². The summed E-state index contributed by atoms with van der Waals surface area (Å²) in [4.78, 5) is 0.189. The molecule has 1 saturated heterocycles. The highest BCUT2D eigenvalue weighted by Gasteiger charge is 2.34. The number of rotatable bonds is 4. The fraction of sp³-hybridized carbons (Fsp3) is 0.368. The molecule has 1 fully saturated rings. The van der Waals surface area contributed by atoms with Crippen LogP contribution in [0.5, 0.6) is 11.5 Å². The van der Waals surface area contributed by atoms with Gasteiger partial charge in [0.05, 0.1) is 9.79 Å². The van der Waals surface area contributed by atoms with Gasteiger partial charge in [-0.2, -0.15) is 8.61 Å². The Kier molecular flexibility index (Phi) is 5.71. The van der Waals surface area contributed by atoms with Crippen molar-refractivity contribution in [1.82, 2.24) is 8.61 Å². The summed E-state index contributed by atoms with van der Waals surface area (Å²) >= 11 is 6.07. The summed E-state index contributed by atoms with van der Waals surface area (Å²) < 4.78 is 65.3. The molecular weight excluding hydrogens is 452 g/mol. The van der Waals surface area contributed by atoms with Crippen LogP contribution in [0.2, 0.25) is 5.02 Å². The topological polar surface area (TPSA) is 93.2 Å². The zero-order chi connectivity index (χ0) is 21.5. The number of fused-ring (bicyclic) bond motifs is 1. The molecule has 0 saturated carbocycles. The molecule has 0 atom stereocenters. The number of nitrogens with zero attached hydrogens (tertiary/aromatic N) is 2. The van der Waals surface area contributed by atoms with Gasteiger partial charge in [-0.25, -0.2) is 16.8 Å². The molecule has 2 aliphatic rings. The third-order valence-electron chi connectivity index (χ3n) is 5.13. The summed E-state index contributed by atoms with van der Waals surface area (Å²) in [6.45, 7) is 2.78. The Labute approximate surface area is 181 Å². The lowest BCUT2D eigenvalue weighted by molar-refractivity contribution is 0.171. The number of hydrogen-bond donors (Lipinski definition) is 0. The van der Waals surface area contributed by atoms with Crippen molar-refractivity contribution in [2.24, 2.45) is 0 Å². The van der Waals surface area contributed by atoms with E-state index in [4.69, 9.17) is 21.1 Å². The summed E-state index contributed by atoms with van der Waals surface area (Å²) in [6, 6.07) is 9.07. The molecule has 11 heteroatoms. The van der Waals surface area contributed by atoms with Crippen molar-refractivity contribution in [2.75, 3.05) is 39.4 Å². The second-order valence-corrected chi connectivity index (χ2v) is 11.3. The van der Waals surface area contributed by atoms with Crippen molar-refractivity contribution in [3.8, 4) is 11.5 Å². The smallest absolute Gasteiger partial charge is 0.243 e. The van der Waals surface area contributed by atoms with Crippen LogP contribution in [0.15, 0.2) is 46.2 Å². The summed E-state index contributed by atoms with van der Waals surface area (Å²) in [7, 11) is -7.54. The molecule has 0 radical (unpaired) electrons. The second-order valence-electron chi connectivity index (χ2n) is 7.02. The molecule has 30 heavy (non-hydrogen) atoms. The first-order valence-electron chi connectivity index (χ1n) is 9.36. The molecule has 0 N–H and O–H groups in total. The molecule has 2 aromatic carbocycles. The molecule has 162 valence electrons. The average molecular weight is 473 g/mol. The Morgan fingerprint density at radius 1 is 0.767 bits per heavy atom. The Balaban J connectivity index is 1.50. The number of ether oxygens (including phenoxy) is 2. The van der Waals surface area contributed by atoms with Crippen molar-refractivity contribution in [3.63, 3.8) is 0 Å². The first-order valence-corrected chi connectivity index (χ1v) is 12.6. The van der Waals surface area contributed by atoms with Crippen LogP contribution >= 0.6 is 11.6 Å². The average Bonchev–Trinajstić information content (AvgIpc) is 2.75. The van der Waals surface area contributed by atoms with Gasteiger partial charge >= 0.3 is 0 Å². The molecule has 4 rings (SSSR count). The molecule has 0 aliphatic carbocycles. The number of sulfonamides is 2. The number of halogens is 1. The molecule has 0 aromatic heterocycles. The third-order valence-corrected chi connectivity index (χ3v) is 9.33. The van der Waals surface area contributed by atoms with Crippen LogP contribution in [0.25, 0.3) is 0 Å². The maximum Gasteiger partial charge on any atom is 0.243 e. The van der Waals surface area contributed by atoms with Crippen LogP contribution in [-0.4, -0.2) is 64.8 Å². The first kappa shape index (κ1) is 21.4. The van der Waals surface area contributed by atoms with Crippen molar-refractivity contribution in [2.45, 2.75) is 16.7 Å². The predicted octanol–water partition coefficient (Wildman–Crippen LogP) is 2.11. The van der Waals surface area contributed by atoms with E-state index < -0.39 is 20.0 Å². The summed E-state index contributed by atoms with van der Waals surface area (Å²) in [5, 5.41) is 0.371. The number of aryl methyl sites for hydroxylation is 1. The largest absolute Gasteiger partial charge is 0.486 e. The lowest BCUT2D eigenvalue weighted by Gasteiger charge is -2.33. The minimum absolute atomic E-state index is 0.0512. The van der Waals surface area contributed by atoms with Crippen LogP contribution in [0, 0.1) is 6.92 Å². The Hall–Kier alpha value is -1.85. The van der Waals surface area contributed by atoms with Crippen molar-refractivity contribution in [3.05, 3.63) is 47.0 Å². The fourth-order valence-electron chi connectivity index (χ4n) is 3.37. The number of hydrogen-bond acceptors (Lipinski definition) is 6. The van der Waals surface area contributed by atoms with Gasteiger partial charge in [-0.15, -0.1) is 0 Å². The molecule has 0 unspecified atom stereocenters. The third kappa shape index (κ3) is 3.90. The van der Waals surface area contributed by atoms with Crippen molar-refractivity contribution < 1.29 is 26.3 Å². The molecule has 0 bridgehead atoms. The van der Waals surface area contributed by atoms with Gasteiger partial charge in [0.15, 0.2) is 11.5 Å². The summed E-state index contributed by atoms with van der Waals surface area (Å²) in [5.74, 6) is 0.896. The molecule has 2 heterocycles. The van der Waals surface area contributed by atoms with Crippen LogP contribution in [0.3, 0.4) is 0 Å². The SMILES string of the molecule is Cc1ccc(S(=O)(=O)N2CCN(S(=O)(=O)c3ccc4c(c3)OCCO4)CC2)cc1Cl. The second kappa shape index (κ2) is 8.01. The quantitative estimate of drug-likeness (QED) is 0.676. The van der Waals surface area contributed by atoms with Crippen molar-refractivity contribution in [1.29, 1.82) is 0 Å². The van der Waals surface area contributed by atoms with E-state index in [0.29, 0.717) is 29.7 Å². The van der Waals surface area contributed by atoms with Gasteiger partial charge in [-0.05, 0) is 36.8 Å². The monoisotopic (exact) mass is 472 g/mol. The number of piperazine rings is 1. The molecular formula is C19H21ClN2O6S2. The molecule has 2 aliphatic heterocycles. The molecule has 8 nitrogen and oxygen atoms in total. The van der Waals surface area contributed by atoms with E-state index in [9.17, 15) is 16.8 Å². The standard InChI is InChI=1S/C19H21ClN2O6S2/c1-14-2-3-15(12-17(14)20)29(23,24)21-6-8-22(9-7-21)30(25,26)16-4-5-18-19(13-16)28-11-10-27-18/h2-5,12-13H,6-11H2,1H3. The zero-order valence-corrected chi connectivity index (χ0v) is 18.6. The van der Waals surface area contributed by atoms with Gasteiger partial charge in [-0.3, -0.25) is 0 Å². The van der Waals surface area contributed by atoms with Crippen LogP contribution in [0.1, 0.15) is 5.56 Å². The highest BCUT2D eigenvalue weighted by atomic mass is 35.5. The van der Waals surface area contributed by atoms with Gasteiger partial charge < -0.3 is 9.47 Å². The molecule has 0 spiro atoms. The van der Waals surface area contributed by atoms with Gasteiger partial charge in [0.25, 0.3) is 0 Å². The predicted molar refractivity (Wildman–Crippen MR) is 111 cm³/mol. The Bertz CT molecular complexity index is 1180. The van der Waals surface area contributed by atoms with Gasteiger partial charge in [-0.1, -0.05) is 17.7 Å². The van der Waals surface area contributed by atoms with Gasteiger partial charge in [0.2, 0.25) is 20.0 Å². The van der Waals surface area contributed by atoms with E-state index in [1.165, 1.54) is 32.9 Å². The maximum absolute atomic E-state index is 13.0. The maximum atomic E-state index is 13.0. The van der Waals surface area contributed by atoms with Crippen molar-refractivity contribution >= 4 is 31.6 Å². The van der Waals surface area contributed by atoms with Crippen LogP contribution < -0.4 is 9.47 Å². The Morgan fingerprint density at radius 2 is 1.27 bits per heavy atom. The summed E-state index contributed by atoms with van der Waals surface area (Å²) in [6.07, 6.45) is 0. The van der Waals surface area contributed by atoms with E-state index in [1.54, 1.807) is 19.1 Å². The minimum atomic E-state index is -3.79. The highest BCUT2D eigenvalue weighted by molar-refractivity contribution is 7.89. The van der Waals surface area contributed by atoms with Gasteiger partial charge in [0, 0.05) is 37.3 Å². The molecule has 2 aromatic rings. The highest BCUT2D eigenvalue weighted by Crippen LogP contribution is 2.33. The number of benzene rings is 2. The van der Waals surface area contributed by atoms with E-state index >= 15 is 0 Å². The van der Waals surface area contributed by atoms with Crippen LogP contribution in [0.4, 0.5) is 0 Å². The lowest BCUT2D eigenvalue weighted by Crippen LogP contribution is -2.50. The van der Waals surface area contributed by atoms with E-state index in [0.717, 1.165) is 5.56 Å². The summed E-state index contributed by atoms with van der Waals surface area (Å²) in [5.41, 5.74) is 0.783. The van der Waals surface area contributed by atoms with Crippen LogP contribution in [-0.2, 0) is 20.0 Å². The van der Waals surface area contributed by atoms with E-state index in [1.807, 2.05) is 0 Å². The minimum Gasteiger partial charge on any atom is -0.486 e. The molecule has 0 amide bonds. The zero-order valence-electron chi connectivity index (χ0n) is 16.2. The van der Waals surface area contributed by atoms with E-state index in [2.05, 4.69) is 0 Å². The Morgan fingerprint density at radius 3 is 1.83 bits per heavy atom. The van der Waals surface area contributed by atoms with E-state index in [-0.39, 0.29) is 36.0 Å². The lowest BCUT2D eigenvalue weighted by atomic mass is 10.2. The fourth-order valence-corrected chi connectivity index (χ4v) is 6.50. The first-order chi connectivity index (χ1) is 14.2. The normalized spacial score (nSPS) is 18.3.